The first-order valence-electron chi connectivity index (χ1n) is 5.29. The molecule has 0 aliphatic carbocycles. The van der Waals surface area contributed by atoms with Crippen molar-refractivity contribution in [2.45, 2.75) is 38.2 Å². The lowest BCUT2D eigenvalue weighted by atomic mass is 10.1. The first-order valence-corrected chi connectivity index (χ1v) is 5.83. The number of unbranched alkanes of at least 4 members (excludes halogenated alkanes) is 2. The van der Waals surface area contributed by atoms with Gasteiger partial charge in [-0.3, -0.25) is 0 Å². The van der Waals surface area contributed by atoms with Gasteiger partial charge in [0.15, 0.2) is 0 Å². The molecule has 1 N–H and O–H groups in total. The number of hydrogen-bond donors (Lipinski definition) is 1. The first-order chi connectivity index (χ1) is 6.33. The molecule has 1 heterocycles. The van der Waals surface area contributed by atoms with Gasteiger partial charge >= 0.3 is 0 Å². The Morgan fingerprint density at radius 2 is 1.85 bits per heavy atom. The molecule has 1 rings (SSSR count). The summed E-state index contributed by atoms with van der Waals surface area (Å²) in [7, 11) is 0. The number of aliphatic hydroxyl groups excluding tert-OH is 1. The molecule has 3 heteroatoms. The highest BCUT2D eigenvalue weighted by Crippen LogP contribution is 2.10. The van der Waals surface area contributed by atoms with E-state index in [1.54, 1.807) is 0 Å². The van der Waals surface area contributed by atoms with Crippen LogP contribution < -0.4 is 0 Å². The Morgan fingerprint density at radius 3 is 2.46 bits per heavy atom. The molecule has 0 amide bonds. The largest absolute Gasteiger partial charge is 0.393 e. The Labute approximate surface area is 85.9 Å². The van der Waals surface area contributed by atoms with Gasteiger partial charge in [-0.05, 0) is 32.2 Å². The van der Waals surface area contributed by atoms with Crippen molar-refractivity contribution < 1.29 is 5.11 Å². The van der Waals surface area contributed by atoms with E-state index >= 15 is 0 Å². The van der Waals surface area contributed by atoms with Gasteiger partial charge in [0, 0.05) is 19.0 Å². The quantitative estimate of drug-likeness (QED) is 0.547. The zero-order valence-corrected chi connectivity index (χ0v) is 8.97. The highest BCUT2D eigenvalue weighted by Gasteiger charge is 2.15. The SMILES string of the molecule is OC1CCN(CCCCCCl)CC1. The Kier molecular flexibility index (Phi) is 5.76. The number of hydrogen-bond acceptors (Lipinski definition) is 2. The van der Waals surface area contributed by atoms with Crippen LogP contribution in [0, 0.1) is 0 Å². The average Bonchev–Trinajstić information content (AvgIpc) is 2.15. The molecule has 0 saturated carbocycles. The molecule has 0 radical (unpaired) electrons. The molecule has 1 aliphatic rings. The number of rotatable bonds is 5. The van der Waals surface area contributed by atoms with E-state index in [4.69, 9.17) is 11.6 Å². The van der Waals surface area contributed by atoms with Crippen LogP contribution in [0.4, 0.5) is 0 Å². The second-order valence-corrected chi connectivity index (χ2v) is 4.20. The van der Waals surface area contributed by atoms with Crippen LogP contribution in [0.15, 0.2) is 0 Å². The molecule has 0 bridgehead atoms. The number of halogens is 1. The zero-order valence-electron chi connectivity index (χ0n) is 8.21. The second kappa shape index (κ2) is 6.63. The highest BCUT2D eigenvalue weighted by atomic mass is 35.5. The summed E-state index contributed by atoms with van der Waals surface area (Å²) in [5.74, 6) is 0.790. The maximum Gasteiger partial charge on any atom is 0.0564 e. The van der Waals surface area contributed by atoms with E-state index in [9.17, 15) is 5.11 Å². The molecule has 0 atom stereocenters. The predicted octanol–water partition coefficient (Wildman–Crippen LogP) is 1.85. The van der Waals surface area contributed by atoms with E-state index in [-0.39, 0.29) is 6.10 Å². The van der Waals surface area contributed by atoms with Gasteiger partial charge < -0.3 is 10.0 Å². The van der Waals surface area contributed by atoms with Crippen molar-refractivity contribution >= 4 is 11.6 Å². The van der Waals surface area contributed by atoms with E-state index < -0.39 is 0 Å². The van der Waals surface area contributed by atoms with Gasteiger partial charge in [-0.15, -0.1) is 11.6 Å². The fraction of sp³-hybridized carbons (Fsp3) is 1.00. The lowest BCUT2D eigenvalue weighted by molar-refractivity contribution is 0.0818. The van der Waals surface area contributed by atoms with Gasteiger partial charge in [-0.25, -0.2) is 0 Å². The van der Waals surface area contributed by atoms with Crippen LogP contribution in [0.5, 0.6) is 0 Å². The molecule has 2 nitrogen and oxygen atoms in total. The van der Waals surface area contributed by atoms with Crippen LogP contribution in [0.25, 0.3) is 0 Å². The molecule has 0 unspecified atom stereocenters. The number of alkyl halides is 1. The molecular weight excluding hydrogens is 186 g/mol. The van der Waals surface area contributed by atoms with E-state index in [1.165, 1.54) is 19.4 Å². The zero-order chi connectivity index (χ0) is 9.52. The van der Waals surface area contributed by atoms with Crippen molar-refractivity contribution in [2.75, 3.05) is 25.5 Å². The van der Waals surface area contributed by atoms with Crippen molar-refractivity contribution in [2.24, 2.45) is 0 Å². The Morgan fingerprint density at radius 1 is 1.15 bits per heavy atom. The Hall–Kier alpha value is 0.210. The third-order valence-corrected chi connectivity index (χ3v) is 2.93. The van der Waals surface area contributed by atoms with Crippen molar-refractivity contribution in [1.29, 1.82) is 0 Å². The third kappa shape index (κ3) is 4.84. The van der Waals surface area contributed by atoms with Gasteiger partial charge in [-0.1, -0.05) is 6.42 Å². The van der Waals surface area contributed by atoms with Gasteiger partial charge in [0.05, 0.1) is 6.10 Å². The average molecular weight is 206 g/mol. The lowest BCUT2D eigenvalue weighted by Gasteiger charge is -2.29. The summed E-state index contributed by atoms with van der Waals surface area (Å²) in [6.45, 7) is 3.33. The summed E-state index contributed by atoms with van der Waals surface area (Å²) < 4.78 is 0. The van der Waals surface area contributed by atoms with Gasteiger partial charge in [-0.2, -0.15) is 0 Å². The van der Waals surface area contributed by atoms with Crippen molar-refractivity contribution in [3.05, 3.63) is 0 Å². The van der Waals surface area contributed by atoms with Crippen LogP contribution in [-0.4, -0.2) is 41.6 Å². The topological polar surface area (TPSA) is 23.5 Å². The number of nitrogens with zero attached hydrogens (tertiary/aromatic N) is 1. The van der Waals surface area contributed by atoms with Crippen LogP contribution in [0.1, 0.15) is 32.1 Å². The van der Waals surface area contributed by atoms with E-state index in [1.807, 2.05) is 0 Å². The van der Waals surface area contributed by atoms with Crippen LogP contribution in [0.3, 0.4) is 0 Å². The minimum absolute atomic E-state index is 0.0425. The lowest BCUT2D eigenvalue weighted by Crippen LogP contribution is -2.36. The van der Waals surface area contributed by atoms with Crippen LogP contribution in [0.2, 0.25) is 0 Å². The van der Waals surface area contributed by atoms with E-state index in [0.717, 1.165) is 38.2 Å². The van der Waals surface area contributed by atoms with Crippen LogP contribution >= 0.6 is 11.6 Å². The molecule has 0 aromatic carbocycles. The normalized spacial score (nSPS) is 20.8. The molecule has 1 fully saturated rings. The van der Waals surface area contributed by atoms with Crippen molar-refractivity contribution in [3.8, 4) is 0 Å². The monoisotopic (exact) mass is 205 g/mol. The Balaban J connectivity index is 1.96. The second-order valence-electron chi connectivity index (χ2n) is 3.82. The predicted molar refractivity (Wildman–Crippen MR) is 56.3 cm³/mol. The van der Waals surface area contributed by atoms with Gasteiger partial charge in [0.25, 0.3) is 0 Å². The summed E-state index contributed by atoms with van der Waals surface area (Å²) in [6.07, 6.45) is 5.49. The number of piperidine rings is 1. The van der Waals surface area contributed by atoms with Crippen LogP contribution in [-0.2, 0) is 0 Å². The molecular formula is C10H20ClNO. The van der Waals surface area contributed by atoms with Crippen molar-refractivity contribution in [1.82, 2.24) is 4.90 Å². The first kappa shape index (κ1) is 11.3. The summed E-state index contributed by atoms with van der Waals surface area (Å²) in [4.78, 5) is 2.45. The van der Waals surface area contributed by atoms with E-state index in [0.29, 0.717) is 0 Å². The standard InChI is InChI=1S/C10H20ClNO/c11-6-2-1-3-7-12-8-4-10(13)5-9-12/h10,13H,1-9H2. The van der Waals surface area contributed by atoms with E-state index in [2.05, 4.69) is 4.90 Å². The summed E-state index contributed by atoms with van der Waals surface area (Å²) in [6, 6.07) is 0. The third-order valence-electron chi connectivity index (χ3n) is 2.67. The smallest absolute Gasteiger partial charge is 0.0564 e. The fourth-order valence-corrected chi connectivity index (χ4v) is 1.94. The highest BCUT2D eigenvalue weighted by molar-refractivity contribution is 6.17. The molecule has 1 aliphatic heterocycles. The minimum atomic E-state index is -0.0425. The molecule has 0 spiro atoms. The number of likely N-dealkylation sites (tertiary alicyclic amines) is 1. The Bertz CT molecular complexity index is 124. The molecule has 1 saturated heterocycles. The van der Waals surface area contributed by atoms with Crippen molar-refractivity contribution in [3.63, 3.8) is 0 Å². The van der Waals surface area contributed by atoms with Gasteiger partial charge in [0.1, 0.15) is 0 Å². The van der Waals surface area contributed by atoms with Gasteiger partial charge in [0.2, 0.25) is 0 Å². The number of aliphatic hydroxyl groups is 1. The molecule has 0 aromatic heterocycles. The summed E-state index contributed by atoms with van der Waals surface area (Å²) in [5.41, 5.74) is 0. The maximum absolute atomic E-state index is 9.29. The summed E-state index contributed by atoms with van der Waals surface area (Å²) in [5, 5.41) is 9.29. The molecule has 13 heavy (non-hydrogen) atoms. The summed E-state index contributed by atoms with van der Waals surface area (Å²) >= 11 is 5.60. The fourth-order valence-electron chi connectivity index (χ4n) is 1.75. The maximum atomic E-state index is 9.29. The molecule has 0 aromatic rings. The minimum Gasteiger partial charge on any atom is -0.393 e. The molecule has 78 valence electrons.